The van der Waals surface area contributed by atoms with Gasteiger partial charge in [-0.05, 0) is 13.0 Å². The first-order valence-electron chi connectivity index (χ1n) is 6.97. The highest BCUT2D eigenvalue weighted by atomic mass is 16.5. The summed E-state index contributed by atoms with van der Waals surface area (Å²) in [5, 5.41) is 5.16. The summed E-state index contributed by atoms with van der Waals surface area (Å²) >= 11 is 0. The average molecular weight is 292 g/mol. The molecule has 0 bridgehead atoms. The molecule has 6 heteroatoms. The number of nitrogens with zero attached hydrogens (tertiary/aromatic N) is 2. The second-order valence-corrected chi connectivity index (χ2v) is 4.41. The molecule has 114 valence electrons. The molecule has 0 fully saturated rings. The quantitative estimate of drug-likeness (QED) is 0.549. The molecule has 21 heavy (non-hydrogen) atoms. The van der Waals surface area contributed by atoms with Crippen molar-refractivity contribution >= 4 is 16.9 Å². The van der Waals surface area contributed by atoms with Gasteiger partial charge in [0, 0.05) is 12.5 Å². The Morgan fingerprint density at radius 2 is 2.05 bits per heavy atom. The molecule has 1 aromatic heterocycles. The number of carbonyl (C=O) groups is 1. The van der Waals surface area contributed by atoms with Crippen LogP contribution in [-0.2, 0) is 20.8 Å². The number of hydrogen-bond donors (Lipinski definition) is 0. The van der Waals surface area contributed by atoms with Crippen LogP contribution in [0.4, 0.5) is 0 Å². The summed E-state index contributed by atoms with van der Waals surface area (Å²) in [6, 6.07) is 7.60. The molecule has 0 unspecified atom stereocenters. The van der Waals surface area contributed by atoms with Crippen LogP contribution in [0.1, 0.15) is 17.4 Å². The number of benzene rings is 1. The fourth-order valence-corrected chi connectivity index (χ4v) is 2.04. The molecule has 0 radical (unpaired) electrons. The first kappa shape index (κ1) is 15.5. The van der Waals surface area contributed by atoms with E-state index in [-0.39, 0.29) is 0 Å². The highest BCUT2D eigenvalue weighted by molar-refractivity contribution is 6.02. The lowest BCUT2D eigenvalue weighted by molar-refractivity contribution is 0.0517. The van der Waals surface area contributed by atoms with E-state index in [9.17, 15) is 4.79 Å². The van der Waals surface area contributed by atoms with E-state index in [0.29, 0.717) is 38.7 Å². The first-order valence-corrected chi connectivity index (χ1v) is 6.97. The molecule has 0 N–H and O–H groups in total. The molecule has 0 spiro atoms. The van der Waals surface area contributed by atoms with Gasteiger partial charge in [0.25, 0.3) is 0 Å². The molecule has 6 nitrogen and oxygen atoms in total. The van der Waals surface area contributed by atoms with E-state index in [1.807, 2.05) is 24.3 Å². The van der Waals surface area contributed by atoms with Crippen LogP contribution in [0.5, 0.6) is 0 Å². The van der Waals surface area contributed by atoms with Gasteiger partial charge in [-0.25, -0.2) is 4.79 Å². The number of esters is 1. The molecule has 2 aromatic rings. The SMILES string of the molecule is CCOC(=O)c1nn(CCOCCOC)c2ccccc12. The zero-order chi connectivity index (χ0) is 15.1. The third-order valence-corrected chi connectivity index (χ3v) is 3.01. The highest BCUT2D eigenvalue weighted by Gasteiger charge is 2.17. The molecule has 2 rings (SSSR count). The Hall–Kier alpha value is -1.92. The number of aromatic nitrogens is 2. The van der Waals surface area contributed by atoms with E-state index >= 15 is 0 Å². The minimum absolute atomic E-state index is 0.333. The van der Waals surface area contributed by atoms with Crippen molar-refractivity contribution in [1.82, 2.24) is 9.78 Å². The van der Waals surface area contributed by atoms with Gasteiger partial charge in [-0.1, -0.05) is 18.2 Å². The van der Waals surface area contributed by atoms with Crippen molar-refractivity contribution in [3.8, 4) is 0 Å². The highest BCUT2D eigenvalue weighted by Crippen LogP contribution is 2.19. The van der Waals surface area contributed by atoms with Gasteiger partial charge in [0.15, 0.2) is 5.69 Å². The topological polar surface area (TPSA) is 62.6 Å². The van der Waals surface area contributed by atoms with Crippen molar-refractivity contribution in [2.24, 2.45) is 0 Å². The Morgan fingerprint density at radius 3 is 2.81 bits per heavy atom. The fraction of sp³-hybridized carbons (Fsp3) is 0.467. The van der Waals surface area contributed by atoms with Crippen LogP contribution in [0.25, 0.3) is 10.9 Å². The number of ether oxygens (including phenoxy) is 3. The largest absolute Gasteiger partial charge is 0.461 e. The predicted molar refractivity (Wildman–Crippen MR) is 78.4 cm³/mol. The molecule has 1 aromatic carbocycles. The van der Waals surface area contributed by atoms with Crippen molar-refractivity contribution in [1.29, 1.82) is 0 Å². The first-order chi connectivity index (χ1) is 10.3. The van der Waals surface area contributed by atoms with Gasteiger partial charge >= 0.3 is 5.97 Å². The Balaban J connectivity index is 2.14. The molecule has 0 aliphatic carbocycles. The standard InChI is InChI=1S/C15H20N2O4/c1-3-21-15(18)14-12-6-4-5-7-13(12)17(16-14)8-9-20-11-10-19-2/h4-7H,3,8-11H2,1-2H3. The number of para-hydroxylation sites is 1. The van der Waals surface area contributed by atoms with E-state index in [2.05, 4.69) is 5.10 Å². The number of carbonyl (C=O) groups excluding carboxylic acids is 1. The number of rotatable bonds is 8. The summed E-state index contributed by atoms with van der Waals surface area (Å²) < 4.78 is 17.2. The number of methoxy groups -OCH3 is 1. The Kier molecular flexibility index (Phi) is 5.71. The zero-order valence-electron chi connectivity index (χ0n) is 12.4. The molecular weight excluding hydrogens is 272 g/mol. The summed E-state index contributed by atoms with van der Waals surface area (Å²) in [4.78, 5) is 11.9. The second kappa shape index (κ2) is 7.75. The smallest absolute Gasteiger partial charge is 0.359 e. The lowest BCUT2D eigenvalue weighted by Gasteiger charge is -2.05. The Bertz CT molecular complexity index is 594. The van der Waals surface area contributed by atoms with Gasteiger partial charge in [0.1, 0.15) is 0 Å². The molecule has 0 saturated heterocycles. The maximum absolute atomic E-state index is 11.9. The minimum atomic E-state index is -0.396. The third kappa shape index (κ3) is 3.80. The van der Waals surface area contributed by atoms with Gasteiger partial charge in [-0.15, -0.1) is 0 Å². The van der Waals surface area contributed by atoms with E-state index in [1.165, 1.54) is 0 Å². The Morgan fingerprint density at radius 1 is 1.24 bits per heavy atom. The second-order valence-electron chi connectivity index (χ2n) is 4.41. The van der Waals surface area contributed by atoms with Crippen molar-refractivity contribution in [2.75, 3.05) is 33.5 Å². The van der Waals surface area contributed by atoms with Gasteiger partial charge in [0.2, 0.25) is 0 Å². The van der Waals surface area contributed by atoms with Crippen LogP contribution in [0.2, 0.25) is 0 Å². The lowest BCUT2D eigenvalue weighted by Crippen LogP contribution is -2.11. The predicted octanol–water partition coefficient (Wildman–Crippen LogP) is 1.88. The molecule has 0 aliphatic rings. The van der Waals surface area contributed by atoms with Crippen LogP contribution in [0.3, 0.4) is 0 Å². The fourth-order valence-electron chi connectivity index (χ4n) is 2.04. The molecular formula is C15H20N2O4. The zero-order valence-corrected chi connectivity index (χ0v) is 12.4. The molecule has 0 atom stereocenters. The van der Waals surface area contributed by atoms with Crippen LogP contribution in [0, 0.1) is 0 Å². The van der Waals surface area contributed by atoms with Crippen LogP contribution < -0.4 is 0 Å². The van der Waals surface area contributed by atoms with Crippen molar-refractivity contribution in [3.05, 3.63) is 30.0 Å². The van der Waals surface area contributed by atoms with Crippen molar-refractivity contribution in [2.45, 2.75) is 13.5 Å². The average Bonchev–Trinajstić information content (AvgIpc) is 2.87. The van der Waals surface area contributed by atoms with E-state index in [0.717, 1.165) is 10.9 Å². The molecule has 0 saturated carbocycles. The third-order valence-electron chi connectivity index (χ3n) is 3.01. The van der Waals surface area contributed by atoms with E-state index in [4.69, 9.17) is 14.2 Å². The monoisotopic (exact) mass is 292 g/mol. The normalized spacial score (nSPS) is 11.0. The summed E-state index contributed by atoms with van der Waals surface area (Å²) in [5.41, 5.74) is 1.25. The summed E-state index contributed by atoms with van der Waals surface area (Å²) in [6.07, 6.45) is 0. The van der Waals surface area contributed by atoms with Crippen molar-refractivity contribution < 1.29 is 19.0 Å². The maximum atomic E-state index is 11.9. The van der Waals surface area contributed by atoms with Gasteiger partial charge in [0.05, 0.1) is 38.5 Å². The van der Waals surface area contributed by atoms with Crippen LogP contribution >= 0.6 is 0 Å². The van der Waals surface area contributed by atoms with Gasteiger partial charge in [-0.2, -0.15) is 5.10 Å². The van der Waals surface area contributed by atoms with Crippen LogP contribution in [0.15, 0.2) is 24.3 Å². The molecule has 1 heterocycles. The Labute approximate surface area is 123 Å². The van der Waals surface area contributed by atoms with E-state index < -0.39 is 5.97 Å². The maximum Gasteiger partial charge on any atom is 0.359 e. The summed E-state index contributed by atoms with van der Waals surface area (Å²) in [7, 11) is 1.63. The summed E-state index contributed by atoms with van der Waals surface area (Å²) in [5.74, 6) is -0.396. The number of fused-ring (bicyclic) bond motifs is 1. The number of hydrogen-bond acceptors (Lipinski definition) is 5. The van der Waals surface area contributed by atoms with Gasteiger partial charge < -0.3 is 14.2 Å². The minimum Gasteiger partial charge on any atom is -0.461 e. The lowest BCUT2D eigenvalue weighted by atomic mass is 10.2. The molecule has 0 amide bonds. The van der Waals surface area contributed by atoms with Crippen molar-refractivity contribution in [3.63, 3.8) is 0 Å². The van der Waals surface area contributed by atoms with Crippen LogP contribution in [-0.4, -0.2) is 49.3 Å². The van der Waals surface area contributed by atoms with Gasteiger partial charge in [-0.3, -0.25) is 4.68 Å². The molecule has 0 aliphatic heterocycles. The summed E-state index contributed by atoms with van der Waals surface area (Å²) in [6.45, 7) is 4.30. The van der Waals surface area contributed by atoms with E-state index in [1.54, 1.807) is 18.7 Å².